The molecule has 1 heterocycles. The number of carbonyl (C=O) groups is 2. The SMILES string of the molecule is O=C(CCC1CCNCC1)Nc1ccc(C(=O)O)c(Cl)c1. The Labute approximate surface area is 128 Å². The van der Waals surface area contributed by atoms with Crippen molar-refractivity contribution in [2.75, 3.05) is 18.4 Å². The summed E-state index contributed by atoms with van der Waals surface area (Å²) < 4.78 is 0. The zero-order valence-corrected chi connectivity index (χ0v) is 12.4. The van der Waals surface area contributed by atoms with Gasteiger partial charge in [-0.2, -0.15) is 0 Å². The van der Waals surface area contributed by atoms with Crippen molar-refractivity contribution in [3.8, 4) is 0 Å². The molecule has 1 fully saturated rings. The average molecular weight is 311 g/mol. The van der Waals surface area contributed by atoms with Gasteiger partial charge in [0.2, 0.25) is 5.91 Å². The van der Waals surface area contributed by atoms with Gasteiger partial charge in [0.05, 0.1) is 10.6 Å². The highest BCUT2D eigenvalue weighted by molar-refractivity contribution is 6.33. The molecule has 1 aromatic carbocycles. The van der Waals surface area contributed by atoms with Gasteiger partial charge in [-0.05, 0) is 56.5 Å². The summed E-state index contributed by atoms with van der Waals surface area (Å²) in [4.78, 5) is 22.8. The van der Waals surface area contributed by atoms with Gasteiger partial charge < -0.3 is 15.7 Å². The van der Waals surface area contributed by atoms with Crippen LogP contribution in [-0.2, 0) is 4.79 Å². The number of carbonyl (C=O) groups excluding carboxylic acids is 1. The fourth-order valence-electron chi connectivity index (χ4n) is 2.50. The molecule has 3 N–H and O–H groups in total. The van der Waals surface area contributed by atoms with Crippen LogP contribution >= 0.6 is 11.6 Å². The van der Waals surface area contributed by atoms with Crippen LogP contribution in [0.2, 0.25) is 5.02 Å². The maximum absolute atomic E-state index is 11.9. The van der Waals surface area contributed by atoms with Crippen molar-refractivity contribution in [3.05, 3.63) is 28.8 Å². The summed E-state index contributed by atoms with van der Waals surface area (Å²) in [5.41, 5.74) is 0.560. The summed E-state index contributed by atoms with van der Waals surface area (Å²) in [6.07, 6.45) is 3.59. The van der Waals surface area contributed by atoms with E-state index in [4.69, 9.17) is 16.7 Å². The third kappa shape index (κ3) is 4.72. The minimum absolute atomic E-state index is 0.0318. The van der Waals surface area contributed by atoms with Crippen LogP contribution in [0.1, 0.15) is 36.0 Å². The lowest BCUT2D eigenvalue weighted by Crippen LogP contribution is -2.28. The number of nitrogens with one attached hydrogen (secondary N) is 2. The third-order valence-corrected chi connectivity index (χ3v) is 4.03. The number of halogens is 1. The fraction of sp³-hybridized carbons (Fsp3) is 0.467. The molecule has 114 valence electrons. The second-order valence-corrected chi connectivity index (χ2v) is 5.69. The second kappa shape index (κ2) is 7.43. The molecule has 0 atom stereocenters. The maximum Gasteiger partial charge on any atom is 0.337 e. The van der Waals surface area contributed by atoms with Gasteiger partial charge in [-0.3, -0.25) is 4.79 Å². The normalized spacial score (nSPS) is 15.7. The van der Waals surface area contributed by atoms with E-state index in [9.17, 15) is 9.59 Å². The van der Waals surface area contributed by atoms with Gasteiger partial charge in [0.1, 0.15) is 0 Å². The lowest BCUT2D eigenvalue weighted by atomic mass is 9.93. The third-order valence-electron chi connectivity index (χ3n) is 3.72. The van der Waals surface area contributed by atoms with E-state index in [0.29, 0.717) is 18.0 Å². The van der Waals surface area contributed by atoms with E-state index >= 15 is 0 Å². The minimum atomic E-state index is -1.08. The molecule has 6 heteroatoms. The molecule has 2 rings (SSSR count). The van der Waals surface area contributed by atoms with E-state index in [1.165, 1.54) is 12.1 Å². The topological polar surface area (TPSA) is 78.4 Å². The lowest BCUT2D eigenvalue weighted by Gasteiger charge is -2.22. The Morgan fingerprint density at radius 1 is 1.33 bits per heavy atom. The molecular formula is C15H19ClN2O3. The van der Waals surface area contributed by atoms with E-state index in [-0.39, 0.29) is 16.5 Å². The second-order valence-electron chi connectivity index (χ2n) is 5.28. The lowest BCUT2D eigenvalue weighted by molar-refractivity contribution is -0.116. The van der Waals surface area contributed by atoms with Crippen LogP contribution in [0, 0.1) is 5.92 Å². The number of hydrogen-bond donors (Lipinski definition) is 3. The molecule has 1 aromatic rings. The Hall–Kier alpha value is -1.59. The number of aromatic carboxylic acids is 1. The number of carboxylic acids is 1. The van der Waals surface area contributed by atoms with Crippen LogP contribution in [0.4, 0.5) is 5.69 Å². The fourth-order valence-corrected chi connectivity index (χ4v) is 2.76. The van der Waals surface area contributed by atoms with E-state index in [2.05, 4.69) is 10.6 Å². The van der Waals surface area contributed by atoms with Gasteiger partial charge in [0, 0.05) is 12.1 Å². The largest absolute Gasteiger partial charge is 0.478 e. The summed E-state index contributed by atoms with van der Waals surface area (Å²) >= 11 is 5.87. The first-order valence-electron chi connectivity index (χ1n) is 7.09. The van der Waals surface area contributed by atoms with Gasteiger partial charge in [0.15, 0.2) is 0 Å². The van der Waals surface area contributed by atoms with E-state index in [1.807, 2.05) is 0 Å². The molecule has 0 bridgehead atoms. The Morgan fingerprint density at radius 2 is 2.05 bits per heavy atom. The van der Waals surface area contributed by atoms with E-state index < -0.39 is 5.97 Å². The summed E-state index contributed by atoms with van der Waals surface area (Å²) in [6.45, 7) is 2.05. The molecule has 0 saturated carbocycles. The van der Waals surface area contributed by atoms with Gasteiger partial charge in [0.25, 0.3) is 0 Å². The van der Waals surface area contributed by atoms with Gasteiger partial charge in [-0.15, -0.1) is 0 Å². The predicted octanol–water partition coefficient (Wildman–Crippen LogP) is 2.76. The van der Waals surface area contributed by atoms with Gasteiger partial charge in [-0.1, -0.05) is 11.6 Å². The molecule has 21 heavy (non-hydrogen) atoms. The van der Waals surface area contributed by atoms with E-state index in [1.54, 1.807) is 6.07 Å². The van der Waals surface area contributed by atoms with Crippen molar-refractivity contribution in [1.29, 1.82) is 0 Å². The number of benzene rings is 1. The van der Waals surface area contributed by atoms with Crippen molar-refractivity contribution in [2.45, 2.75) is 25.7 Å². The van der Waals surface area contributed by atoms with Gasteiger partial charge >= 0.3 is 5.97 Å². The average Bonchev–Trinajstić information content (AvgIpc) is 2.46. The highest BCUT2D eigenvalue weighted by Crippen LogP contribution is 2.22. The molecule has 1 amide bonds. The first-order valence-corrected chi connectivity index (χ1v) is 7.47. The minimum Gasteiger partial charge on any atom is -0.478 e. The highest BCUT2D eigenvalue weighted by atomic mass is 35.5. The van der Waals surface area contributed by atoms with Gasteiger partial charge in [-0.25, -0.2) is 4.79 Å². The molecule has 0 aromatic heterocycles. The first kappa shape index (κ1) is 15.8. The highest BCUT2D eigenvalue weighted by Gasteiger charge is 2.15. The number of rotatable bonds is 5. The van der Waals surface area contributed by atoms with Crippen LogP contribution < -0.4 is 10.6 Å². The van der Waals surface area contributed by atoms with Crippen LogP contribution in [0.25, 0.3) is 0 Å². The van der Waals surface area contributed by atoms with Crippen LogP contribution in [-0.4, -0.2) is 30.1 Å². The zero-order chi connectivity index (χ0) is 15.2. The molecule has 1 aliphatic rings. The van der Waals surface area contributed by atoms with Crippen molar-refractivity contribution >= 4 is 29.2 Å². The first-order chi connectivity index (χ1) is 10.1. The van der Waals surface area contributed by atoms with E-state index in [0.717, 1.165) is 32.4 Å². The summed E-state index contributed by atoms with van der Waals surface area (Å²) in [5, 5.41) is 15.1. The molecule has 1 aliphatic heterocycles. The molecule has 0 unspecified atom stereocenters. The van der Waals surface area contributed by atoms with Crippen LogP contribution in [0.5, 0.6) is 0 Å². The van der Waals surface area contributed by atoms with Crippen molar-refractivity contribution < 1.29 is 14.7 Å². The monoisotopic (exact) mass is 310 g/mol. The standard InChI is InChI=1S/C15H19ClN2O3/c16-13-9-11(2-3-12(13)15(20)21)18-14(19)4-1-10-5-7-17-8-6-10/h2-3,9-10,17H,1,4-8H2,(H,18,19)(H,20,21). The van der Waals surface area contributed by atoms with Crippen molar-refractivity contribution in [1.82, 2.24) is 5.32 Å². The molecule has 5 nitrogen and oxygen atoms in total. The number of hydrogen-bond acceptors (Lipinski definition) is 3. The molecule has 0 spiro atoms. The maximum atomic E-state index is 11.9. The molecule has 1 saturated heterocycles. The van der Waals surface area contributed by atoms with Crippen LogP contribution in [0.15, 0.2) is 18.2 Å². The Balaban J connectivity index is 1.84. The Kier molecular flexibility index (Phi) is 5.59. The molecular weight excluding hydrogens is 292 g/mol. The number of carboxylic acid groups (broad SMARTS) is 1. The van der Waals surface area contributed by atoms with Crippen LogP contribution in [0.3, 0.4) is 0 Å². The molecule has 0 radical (unpaired) electrons. The molecule has 0 aliphatic carbocycles. The Bertz CT molecular complexity index is 528. The summed E-state index contributed by atoms with van der Waals surface area (Å²) in [5.74, 6) is -0.536. The zero-order valence-electron chi connectivity index (χ0n) is 11.7. The summed E-state index contributed by atoms with van der Waals surface area (Å²) in [6, 6.07) is 4.41. The van der Waals surface area contributed by atoms with Crippen molar-refractivity contribution in [2.24, 2.45) is 5.92 Å². The number of amides is 1. The van der Waals surface area contributed by atoms with Crippen molar-refractivity contribution in [3.63, 3.8) is 0 Å². The number of anilines is 1. The smallest absolute Gasteiger partial charge is 0.337 e. The predicted molar refractivity (Wildman–Crippen MR) is 81.9 cm³/mol. The number of piperidine rings is 1. The Morgan fingerprint density at radius 3 is 2.67 bits per heavy atom. The summed E-state index contributed by atoms with van der Waals surface area (Å²) in [7, 11) is 0. The quantitative estimate of drug-likeness (QED) is 0.781.